The van der Waals surface area contributed by atoms with Crippen molar-refractivity contribution in [3.05, 3.63) is 0 Å². The molecule has 0 spiro atoms. The Balaban J connectivity index is 1.70. The zero-order valence-corrected chi connectivity index (χ0v) is 12.9. The SMILES string of the molecule is CCNC(=NCCOCC1CC1)N1CCC(COC)C1. The van der Waals surface area contributed by atoms with Crippen molar-refractivity contribution in [1.29, 1.82) is 0 Å². The van der Waals surface area contributed by atoms with E-state index in [-0.39, 0.29) is 0 Å². The molecule has 1 saturated heterocycles. The van der Waals surface area contributed by atoms with Gasteiger partial charge in [-0.3, -0.25) is 4.99 Å². The molecule has 1 saturated carbocycles. The van der Waals surface area contributed by atoms with Crippen molar-refractivity contribution in [1.82, 2.24) is 10.2 Å². The minimum Gasteiger partial charge on any atom is -0.384 e. The first-order chi connectivity index (χ1) is 9.83. The maximum absolute atomic E-state index is 5.64. The molecule has 0 aromatic heterocycles. The standard InChI is InChI=1S/C15H29N3O2/c1-3-16-15(17-7-9-20-12-13-4-5-13)18-8-6-14(10-18)11-19-2/h13-14H,3-12H2,1-2H3,(H,16,17). The molecule has 20 heavy (non-hydrogen) atoms. The van der Waals surface area contributed by atoms with Gasteiger partial charge in [0.1, 0.15) is 0 Å². The zero-order chi connectivity index (χ0) is 14.2. The van der Waals surface area contributed by atoms with Crippen LogP contribution in [0.5, 0.6) is 0 Å². The summed E-state index contributed by atoms with van der Waals surface area (Å²) in [5.41, 5.74) is 0. The molecule has 0 amide bonds. The van der Waals surface area contributed by atoms with Gasteiger partial charge in [-0.15, -0.1) is 0 Å². The normalized spacial score (nSPS) is 23.4. The number of nitrogens with zero attached hydrogens (tertiary/aromatic N) is 2. The van der Waals surface area contributed by atoms with E-state index in [0.29, 0.717) is 5.92 Å². The van der Waals surface area contributed by atoms with E-state index in [1.807, 2.05) is 0 Å². The van der Waals surface area contributed by atoms with E-state index in [1.54, 1.807) is 7.11 Å². The molecule has 1 unspecified atom stereocenters. The topological polar surface area (TPSA) is 46.1 Å². The molecule has 1 aliphatic heterocycles. The highest BCUT2D eigenvalue weighted by molar-refractivity contribution is 5.80. The molecular weight excluding hydrogens is 254 g/mol. The van der Waals surface area contributed by atoms with Crippen LogP contribution < -0.4 is 5.32 Å². The first-order valence-electron chi connectivity index (χ1n) is 7.93. The third-order valence-electron chi connectivity index (χ3n) is 3.87. The lowest BCUT2D eigenvalue weighted by Gasteiger charge is -2.21. The van der Waals surface area contributed by atoms with Crippen molar-refractivity contribution in [2.45, 2.75) is 26.2 Å². The predicted molar refractivity (Wildman–Crippen MR) is 81.1 cm³/mol. The van der Waals surface area contributed by atoms with Crippen molar-refractivity contribution in [2.24, 2.45) is 16.8 Å². The molecule has 1 heterocycles. The summed E-state index contributed by atoms with van der Waals surface area (Å²) in [5.74, 6) is 2.50. The van der Waals surface area contributed by atoms with Gasteiger partial charge in [0.25, 0.3) is 0 Å². The second-order valence-electron chi connectivity index (χ2n) is 5.81. The lowest BCUT2D eigenvalue weighted by molar-refractivity contribution is 0.131. The van der Waals surface area contributed by atoms with Gasteiger partial charge in [0.15, 0.2) is 5.96 Å². The molecule has 1 aliphatic carbocycles. The number of guanidine groups is 1. The summed E-state index contributed by atoms with van der Waals surface area (Å²) in [5, 5.41) is 3.38. The second-order valence-corrected chi connectivity index (χ2v) is 5.81. The Morgan fingerprint density at radius 3 is 2.80 bits per heavy atom. The number of likely N-dealkylation sites (tertiary alicyclic amines) is 1. The number of aliphatic imine (C=N–C) groups is 1. The van der Waals surface area contributed by atoms with Crippen molar-refractivity contribution in [3.8, 4) is 0 Å². The maximum atomic E-state index is 5.64. The van der Waals surface area contributed by atoms with Gasteiger partial charge >= 0.3 is 0 Å². The summed E-state index contributed by atoms with van der Waals surface area (Å²) in [6, 6.07) is 0. The van der Waals surface area contributed by atoms with E-state index in [9.17, 15) is 0 Å². The minimum absolute atomic E-state index is 0.634. The summed E-state index contributed by atoms with van der Waals surface area (Å²) in [4.78, 5) is 7.01. The fourth-order valence-electron chi connectivity index (χ4n) is 2.57. The van der Waals surface area contributed by atoms with E-state index < -0.39 is 0 Å². The highest BCUT2D eigenvalue weighted by Gasteiger charge is 2.24. The zero-order valence-electron chi connectivity index (χ0n) is 12.9. The van der Waals surface area contributed by atoms with Gasteiger partial charge in [-0.1, -0.05) is 0 Å². The number of rotatable bonds is 8. The fraction of sp³-hybridized carbons (Fsp3) is 0.933. The van der Waals surface area contributed by atoms with Crippen LogP contribution >= 0.6 is 0 Å². The Morgan fingerprint density at radius 2 is 2.10 bits per heavy atom. The quantitative estimate of drug-likeness (QED) is 0.415. The highest BCUT2D eigenvalue weighted by Crippen LogP contribution is 2.28. The Kier molecular flexibility index (Phi) is 6.60. The number of methoxy groups -OCH3 is 1. The van der Waals surface area contributed by atoms with Gasteiger partial charge in [-0.2, -0.15) is 0 Å². The average molecular weight is 283 g/mol. The number of ether oxygens (including phenoxy) is 2. The number of hydrogen-bond acceptors (Lipinski definition) is 3. The predicted octanol–water partition coefficient (Wildman–Crippen LogP) is 1.35. The van der Waals surface area contributed by atoms with Crippen LogP contribution in [0.25, 0.3) is 0 Å². The van der Waals surface area contributed by atoms with E-state index in [0.717, 1.165) is 57.9 Å². The van der Waals surface area contributed by atoms with Crippen LogP contribution in [-0.4, -0.2) is 64.0 Å². The van der Waals surface area contributed by atoms with Crippen molar-refractivity contribution >= 4 is 5.96 Å². The van der Waals surface area contributed by atoms with Gasteiger partial charge in [0.2, 0.25) is 0 Å². The van der Waals surface area contributed by atoms with E-state index in [2.05, 4.69) is 22.1 Å². The molecule has 1 N–H and O–H groups in total. The Bertz CT molecular complexity index is 305. The average Bonchev–Trinajstić information content (AvgIpc) is 3.15. The molecule has 116 valence electrons. The first-order valence-corrected chi connectivity index (χ1v) is 7.93. The van der Waals surface area contributed by atoms with Crippen LogP contribution in [0.15, 0.2) is 4.99 Å². The van der Waals surface area contributed by atoms with Crippen molar-refractivity contribution in [2.75, 3.05) is 53.1 Å². The maximum Gasteiger partial charge on any atom is 0.194 e. The lowest BCUT2D eigenvalue weighted by Crippen LogP contribution is -2.40. The summed E-state index contributed by atoms with van der Waals surface area (Å²) < 4.78 is 10.9. The molecular formula is C15H29N3O2. The van der Waals surface area contributed by atoms with E-state index >= 15 is 0 Å². The molecule has 5 heteroatoms. The van der Waals surface area contributed by atoms with Crippen LogP contribution in [0, 0.1) is 11.8 Å². The number of nitrogens with one attached hydrogen (secondary N) is 1. The molecule has 2 rings (SSSR count). The van der Waals surface area contributed by atoms with Gasteiger partial charge in [0, 0.05) is 39.3 Å². The molecule has 0 bridgehead atoms. The van der Waals surface area contributed by atoms with Crippen LogP contribution in [0.4, 0.5) is 0 Å². The van der Waals surface area contributed by atoms with E-state index in [1.165, 1.54) is 19.3 Å². The molecule has 2 aliphatic rings. The molecule has 5 nitrogen and oxygen atoms in total. The molecule has 0 aromatic carbocycles. The van der Waals surface area contributed by atoms with Crippen molar-refractivity contribution < 1.29 is 9.47 Å². The van der Waals surface area contributed by atoms with Crippen LogP contribution in [-0.2, 0) is 9.47 Å². The van der Waals surface area contributed by atoms with Crippen LogP contribution in [0.1, 0.15) is 26.2 Å². The largest absolute Gasteiger partial charge is 0.384 e. The second kappa shape index (κ2) is 8.47. The smallest absolute Gasteiger partial charge is 0.194 e. The molecule has 0 aromatic rings. The van der Waals surface area contributed by atoms with Crippen LogP contribution in [0.2, 0.25) is 0 Å². The van der Waals surface area contributed by atoms with Gasteiger partial charge in [0.05, 0.1) is 19.8 Å². The molecule has 0 radical (unpaired) electrons. The summed E-state index contributed by atoms with van der Waals surface area (Å²) in [7, 11) is 1.78. The third kappa shape index (κ3) is 5.29. The van der Waals surface area contributed by atoms with Gasteiger partial charge in [-0.05, 0) is 32.1 Å². The first kappa shape index (κ1) is 15.6. The Morgan fingerprint density at radius 1 is 1.25 bits per heavy atom. The number of hydrogen-bond donors (Lipinski definition) is 1. The van der Waals surface area contributed by atoms with Crippen LogP contribution in [0.3, 0.4) is 0 Å². The highest BCUT2D eigenvalue weighted by atomic mass is 16.5. The van der Waals surface area contributed by atoms with Gasteiger partial charge in [-0.25, -0.2) is 0 Å². The third-order valence-corrected chi connectivity index (χ3v) is 3.87. The monoisotopic (exact) mass is 283 g/mol. The minimum atomic E-state index is 0.634. The Labute approximate surface area is 122 Å². The van der Waals surface area contributed by atoms with E-state index in [4.69, 9.17) is 9.47 Å². The summed E-state index contributed by atoms with van der Waals surface area (Å²) in [6.07, 6.45) is 3.89. The summed E-state index contributed by atoms with van der Waals surface area (Å²) in [6.45, 7) is 8.40. The van der Waals surface area contributed by atoms with Gasteiger partial charge < -0.3 is 19.7 Å². The Hall–Kier alpha value is -0.810. The fourth-order valence-corrected chi connectivity index (χ4v) is 2.57. The summed E-state index contributed by atoms with van der Waals surface area (Å²) >= 11 is 0. The molecule has 2 fully saturated rings. The molecule has 1 atom stereocenters. The van der Waals surface area contributed by atoms with Crippen molar-refractivity contribution in [3.63, 3.8) is 0 Å². The lowest BCUT2D eigenvalue weighted by atomic mass is 10.1.